The highest BCUT2D eigenvalue weighted by Crippen LogP contribution is 2.34. The second-order valence-electron chi connectivity index (χ2n) is 16.0. The Bertz CT molecular complexity index is 2170. The van der Waals surface area contributed by atoms with Crippen LogP contribution in [0.1, 0.15) is 33.4 Å². The fourth-order valence-corrected chi connectivity index (χ4v) is 8.00. The zero-order chi connectivity index (χ0) is 43.6. The van der Waals surface area contributed by atoms with Crippen LogP contribution in [0.4, 0.5) is 0 Å². The van der Waals surface area contributed by atoms with Crippen LogP contribution >= 0.6 is 0 Å². The quantitative estimate of drug-likeness (QED) is 0.0621. The van der Waals surface area contributed by atoms with Crippen molar-refractivity contribution in [3.8, 4) is 0 Å². The minimum atomic E-state index is -0.857. The Morgan fingerprint density at radius 1 is 0.312 bits per heavy atom. The molecule has 6 aromatic carbocycles. The molecule has 2 heterocycles. The van der Waals surface area contributed by atoms with Crippen LogP contribution in [-0.2, 0) is 87.0 Å². The molecule has 9 atom stereocenters. The number of benzene rings is 6. The molecular formula is C54H58O10. The topological polar surface area (TPSA) is 92.3 Å². The second kappa shape index (κ2) is 24.3. The SMILES string of the molecule is CO[C@H]1O[C@H](CO[C@@H]2O[C@H](COCc3ccccc3)[C@@H](OCc3ccccc3)[C@H]2OCc2ccccc2)[C@@H](OCc2ccccc2)[C@H](OCc2ccccc2)[C@H]1OCc1ccccc1. The number of rotatable bonds is 23. The summed E-state index contributed by atoms with van der Waals surface area (Å²) in [7, 11) is 1.61. The summed E-state index contributed by atoms with van der Waals surface area (Å²) in [5, 5.41) is 0. The van der Waals surface area contributed by atoms with Gasteiger partial charge in [-0.25, -0.2) is 0 Å². The Balaban J connectivity index is 1.06. The van der Waals surface area contributed by atoms with Gasteiger partial charge >= 0.3 is 0 Å². The lowest BCUT2D eigenvalue weighted by atomic mass is 9.97. The van der Waals surface area contributed by atoms with Crippen LogP contribution < -0.4 is 0 Å². The lowest BCUT2D eigenvalue weighted by Gasteiger charge is -2.45. The smallest absolute Gasteiger partial charge is 0.187 e. The molecule has 0 spiro atoms. The van der Waals surface area contributed by atoms with Crippen molar-refractivity contribution in [3.63, 3.8) is 0 Å². The van der Waals surface area contributed by atoms with Gasteiger partial charge in [-0.3, -0.25) is 0 Å². The van der Waals surface area contributed by atoms with Gasteiger partial charge in [-0.05, 0) is 33.4 Å². The molecule has 2 aliphatic rings. The van der Waals surface area contributed by atoms with Crippen LogP contribution in [-0.4, -0.2) is 75.6 Å². The summed E-state index contributed by atoms with van der Waals surface area (Å²) in [6.45, 7) is 2.33. The Labute approximate surface area is 376 Å². The van der Waals surface area contributed by atoms with Crippen molar-refractivity contribution >= 4 is 0 Å². The van der Waals surface area contributed by atoms with Crippen LogP contribution in [0.3, 0.4) is 0 Å². The van der Waals surface area contributed by atoms with E-state index in [1.807, 2.05) is 182 Å². The van der Waals surface area contributed by atoms with Crippen molar-refractivity contribution in [1.82, 2.24) is 0 Å². The van der Waals surface area contributed by atoms with Gasteiger partial charge in [0.05, 0.1) is 52.9 Å². The van der Waals surface area contributed by atoms with Crippen molar-refractivity contribution in [3.05, 3.63) is 215 Å². The molecule has 0 radical (unpaired) electrons. The lowest BCUT2D eigenvalue weighted by molar-refractivity contribution is -0.328. The van der Waals surface area contributed by atoms with E-state index in [1.165, 1.54) is 0 Å². The molecule has 2 saturated heterocycles. The maximum Gasteiger partial charge on any atom is 0.187 e. The molecule has 2 fully saturated rings. The first-order valence-corrected chi connectivity index (χ1v) is 22.0. The minimum absolute atomic E-state index is 0.0504. The van der Waals surface area contributed by atoms with Gasteiger partial charge in [0, 0.05) is 7.11 Å². The van der Waals surface area contributed by atoms with Gasteiger partial charge in [-0.15, -0.1) is 0 Å². The standard InChI is InChI=1S/C54H58O10/c1-55-53-52(61-37-45-30-18-7-19-31-45)50(59-35-43-26-14-5-15-27-43)48(57-33-41-22-10-3-11-23-41)47(63-53)39-62-54-51(60-36-44-28-16-6-17-29-44)49(58-34-42-24-12-4-13-25-42)46(64-54)38-56-32-40-20-8-2-9-21-40/h2-31,46-54H,32-39H2,1H3/t46-,47-,48-,49-,50+,51-,52-,53+,54-/m1/s1. The van der Waals surface area contributed by atoms with Crippen molar-refractivity contribution in [1.29, 1.82) is 0 Å². The van der Waals surface area contributed by atoms with Crippen molar-refractivity contribution < 1.29 is 47.4 Å². The molecule has 0 unspecified atom stereocenters. The summed E-state index contributed by atoms with van der Waals surface area (Å²) < 4.78 is 66.6. The number of methoxy groups -OCH3 is 1. The maximum absolute atomic E-state index is 6.85. The average Bonchev–Trinajstić information content (AvgIpc) is 3.69. The molecule has 0 saturated carbocycles. The molecule has 10 nitrogen and oxygen atoms in total. The third-order valence-corrected chi connectivity index (χ3v) is 11.3. The van der Waals surface area contributed by atoms with E-state index >= 15 is 0 Å². The lowest BCUT2D eigenvalue weighted by Crippen LogP contribution is -2.61. The van der Waals surface area contributed by atoms with Crippen molar-refractivity contribution in [2.75, 3.05) is 20.3 Å². The van der Waals surface area contributed by atoms with Gasteiger partial charge in [0.1, 0.15) is 42.7 Å². The Morgan fingerprint density at radius 3 is 1.00 bits per heavy atom. The molecular weight excluding hydrogens is 809 g/mol. The number of hydrogen-bond donors (Lipinski definition) is 0. The molecule has 2 aliphatic heterocycles. The highest BCUT2D eigenvalue weighted by Gasteiger charge is 2.51. The van der Waals surface area contributed by atoms with Crippen LogP contribution in [0.2, 0.25) is 0 Å². The summed E-state index contributed by atoms with van der Waals surface area (Å²) in [6.07, 6.45) is -5.97. The predicted molar refractivity (Wildman–Crippen MR) is 241 cm³/mol. The summed E-state index contributed by atoms with van der Waals surface area (Å²) in [5.41, 5.74) is 6.13. The van der Waals surface area contributed by atoms with Crippen molar-refractivity contribution in [2.24, 2.45) is 0 Å². The molecule has 0 amide bonds. The monoisotopic (exact) mass is 866 g/mol. The van der Waals surface area contributed by atoms with E-state index in [-0.39, 0.29) is 13.2 Å². The van der Waals surface area contributed by atoms with Gasteiger partial charge in [0.25, 0.3) is 0 Å². The van der Waals surface area contributed by atoms with Crippen molar-refractivity contribution in [2.45, 2.75) is 94.9 Å². The molecule has 6 aromatic rings. The van der Waals surface area contributed by atoms with E-state index < -0.39 is 55.3 Å². The fourth-order valence-electron chi connectivity index (χ4n) is 8.00. The van der Waals surface area contributed by atoms with E-state index in [0.717, 1.165) is 33.4 Å². The largest absolute Gasteiger partial charge is 0.374 e. The van der Waals surface area contributed by atoms with Crippen LogP contribution in [0.15, 0.2) is 182 Å². The van der Waals surface area contributed by atoms with Gasteiger partial charge in [0.2, 0.25) is 0 Å². The van der Waals surface area contributed by atoms with E-state index in [4.69, 9.17) is 47.4 Å². The van der Waals surface area contributed by atoms with E-state index in [2.05, 4.69) is 0 Å². The first-order chi connectivity index (χ1) is 31.7. The summed E-state index contributed by atoms with van der Waals surface area (Å²) in [4.78, 5) is 0. The third-order valence-electron chi connectivity index (χ3n) is 11.3. The predicted octanol–water partition coefficient (Wildman–Crippen LogP) is 9.24. The zero-order valence-corrected chi connectivity index (χ0v) is 36.3. The highest BCUT2D eigenvalue weighted by molar-refractivity contribution is 5.18. The van der Waals surface area contributed by atoms with Crippen LogP contribution in [0.5, 0.6) is 0 Å². The first kappa shape index (κ1) is 45.5. The third kappa shape index (κ3) is 13.0. The number of hydrogen-bond acceptors (Lipinski definition) is 10. The van der Waals surface area contributed by atoms with E-state index in [9.17, 15) is 0 Å². The summed E-state index contributed by atoms with van der Waals surface area (Å²) in [6, 6.07) is 60.3. The van der Waals surface area contributed by atoms with E-state index in [1.54, 1.807) is 7.11 Å². The van der Waals surface area contributed by atoms with Crippen LogP contribution in [0.25, 0.3) is 0 Å². The van der Waals surface area contributed by atoms with Gasteiger partial charge in [0.15, 0.2) is 12.6 Å². The molecule has 334 valence electrons. The fraction of sp³-hybridized carbons (Fsp3) is 0.333. The van der Waals surface area contributed by atoms with Gasteiger partial charge < -0.3 is 47.4 Å². The molecule has 8 rings (SSSR count). The van der Waals surface area contributed by atoms with Gasteiger partial charge in [-0.2, -0.15) is 0 Å². The minimum Gasteiger partial charge on any atom is -0.374 e. The molecule has 0 N–H and O–H groups in total. The highest BCUT2D eigenvalue weighted by atomic mass is 16.8. The van der Waals surface area contributed by atoms with Crippen LogP contribution in [0, 0.1) is 0 Å². The van der Waals surface area contributed by atoms with Gasteiger partial charge in [-0.1, -0.05) is 182 Å². The first-order valence-electron chi connectivity index (χ1n) is 22.0. The normalized spacial score (nSPS) is 24.4. The maximum atomic E-state index is 6.85. The Kier molecular flexibility index (Phi) is 17.3. The Hall–Kier alpha value is -5.08. The Morgan fingerprint density at radius 2 is 0.609 bits per heavy atom. The molecule has 0 aliphatic carbocycles. The molecule has 0 bridgehead atoms. The number of ether oxygens (including phenoxy) is 10. The molecule has 64 heavy (non-hydrogen) atoms. The molecule has 10 heteroatoms. The second-order valence-corrected chi connectivity index (χ2v) is 16.0. The zero-order valence-electron chi connectivity index (χ0n) is 36.3. The van der Waals surface area contributed by atoms with E-state index in [0.29, 0.717) is 39.6 Å². The summed E-state index contributed by atoms with van der Waals surface area (Å²) in [5.74, 6) is 0. The average molecular weight is 867 g/mol. The molecule has 0 aromatic heterocycles. The summed E-state index contributed by atoms with van der Waals surface area (Å²) >= 11 is 0.